The Morgan fingerprint density at radius 1 is 1.58 bits per heavy atom. The third-order valence-electron chi connectivity index (χ3n) is 2.19. The van der Waals surface area contributed by atoms with E-state index in [0.717, 1.165) is 6.42 Å². The Morgan fingerprint density at radius 2 is 2.25 bits per heavy atom. The first-order valence-corrected chi connectivity index (χ1v) is 4.07. The quantitative estimate of drug-likeness (QED) is 0.651. The summed E-state index contributed by atoms with van der Waals surface area (Å²) in [5.41, 5.74) is 0. The predicted octanol–water partition coefficient (Wildman–Crippen LogP) is 0.329. The largest absolute Gasteiger partial charge is 0.481 e. The lowest BCUT2D eigenvalue weighted by molar-refractivity contribution is -0.138. The summed E-state index contributed by atoms with van der Waals surface area (Å²) in [6.07, 6.45) is 1.01. The van der Waals surface area contributed by atoms with Crippen molar-refractivity contribution in [2.75, 3.05) is 13.1 Å². The normalized spacial score (nSPS) is 22.8. The van der Waals surface area contributed by atoms with Crippen molar-refractivity contribution in [1.29, 1.82) is 0 Å². The van der Waals surface area contributed by atoms with Crippen LogP contribution < -0.4 is 0 Å². The van der Waals surface area contributed by atoms with Gasteiger partial charge < -0.3 is 10.0 Å². The smallest absolute Gasteiger partial charge is 0.303 e. The third-order valence-corrected chi connectivity index (χ3v) is 2.19. The van der Waals surface area contributed by atoms with Crippen LogP contribution in [0, 0.1) is 5.92 Å². The molecule has 4 nitrogen and oxygen atoms in total. The predicted molar refractivity (Wildman–Crippen MR) is 42.6 cm³/mol. The molecule has 0 aromatic heterocycles. The van der Waals surface area contributed by atoms with Crippen LogP contribution in [0.5, 0.6) is 0 Å². The number of carboxylic acid groups (broad SMARTS) is 1. The molecule has 1 atom stereocenters. The van der Waals surface area contributed by atoms with E-state index >= 15 is 0 Å². The van der Waals surface area contributed by atoms with Crippen LogP contribution >= 0.6 is 0 Å². The van der Waals surface area contributed by atoms with E-state index in [1.807, 2.05) is 0 Å². The lowest BCUT2D eigenvalue weighted by Crippen LogP contribution is -2.26. The zero-order valence-electron chi connectivity index (χ0n) is 7.12. The van der Waals surface area contributed by atoms with Crippen LogP contribution in [0.25, 0.3) is 0 Å². The Labute approximate surface area is 71.2 Å². The Kier molecular flexibility index (Phi) is 2.68. The molecule has 0 saturated carbocycles. The van der Waals surface area contributed by atoms with Gasteiger partial charge in [0.2, 0.25) is 5.91 Å². The van der Waals surface area contributed by atoms with E-state index in [-0.39, 0.29) is 18.2 Å². The summed E-state index contributed by atoms with van der Waals surface area (Å²) in [5, 5.41) is 8.50. The number of nitrogens with zero attached hydrogens (tertiary/aromatic N) is 1. The molecule has 1 saturated heterocycles. The monoisotopic (exact) mass is 171 g/mol. The Hall–Kier alpha value is -1.06. The number of aliphatic carboxylic acids is 1. The van der Waals surface area contributed by atoms with E-state index in [4.69, 9.17) is 5.11 Å². The van der Waals surface area contributed by atoms with Crippen LogP contribution in [0.1, 0.15) is 19.8 Å². The van der Waals surface area contributed by atoms with Gasteiger partial charge in [0.15, 0.2) is 0 Å². The van der Waals surface area contributed by atoms with Crippen molar-refractivity contribution in [1.82, 2.24) is 4.90 Å². The van der Waals surface area contributed by atoms with Crippen molar-refractivity contribution in [3.63, 3.8) is 0 Å². The highest BCUT2D eigenvalue weighted by atomic mass is 16.4. The number of hydrogen-bond acceptors (Lipinski definition) is 2. The maximum Gasteiger partial charge on any atom is 0.303 e. The molecule has 1 fully saturated rings. The molecule has 1 amide bonds. The SMILES string of the molecule is CC(=O)N1CC[C@@H](CC(=O)O)C1. The Bertz CT molecular complexity index is 202. The van der Waals surface area contributed by atoms with Gasteiger partial charge in [-0.1, -0.05) is 0 Å². The number of hydrogen-bond donors (Lipinski definition) is 1. The number of rotatable bonds is 2. The van der Waals surface area contributed by atoms with Crippen LogP contribution in [0.3, 0.4) is 0 Å². The summed E-state index contributed by atoms with van der Waals surface area (Å²) in [4.78, 5) is 22.9. The van der Waals surface area contributed by atoms with Gasteiger partial charge in [-0.25, -0.2) is 0 Å². The molecule has 0 spiro atoms. The van der Waals surface area contributed by atoms with Crippen LogP contribution in [0.2, 0.25) is 0 Å². The molecule has 4 heteroatoms. The fourth-order valence-electron chi connectivity index (χ4n) is 1.53. The summed E-state index contributed by atoms with van der Waals surface area (Å²) in [7, 11) is 0. The molecule has 1 N–H and O–H groups in total. The van der Waals surface area contributed by atoms with Gasteiger partial charge in [-0.15, -0.1) is 0 Å². The highest BCUT2D eigenvalue weighted by Gasteiger charge is 2.25. The number of likely N-dealkylation sites (tertiary alicyclic amines) is 1. The average Bonchev–Trinajstić information content (AvgIpc) is 2.34. The minimum atomic E-state index is -0.773. The molecule has 0 aromatic carbocycles. The van der Waals surface area contributed by atoms with E-state index in [9.17, 15) is 9.59 Å². The van der Waals surface area contributed by atoms with Gasteiger partial charge in [0.1, 0.15) is 0 Å². The summed E-state index contributed by atoms with van der Waals surface area (Å²) in [6.45, 7) is 2.85. The number of carbonyl (C=O) groups excluding carboxylic acids is 1. The average molecular weight is 171 g/mol. The number of carbonyl (C=O) groups is 2. The molecule has 12 heavy (non-hydrogen) atoms. The van der Waals surface area contributed by atoms with Crippen molar-refractivity contribution >= 4 is 11.9 Å². The van der Waals surface area contributed by atoms with Crippen LogP contribution in [-0.4, -0.2) is 35.0 Å². The molecule has 0 aromatic rings. The highest BCUT2D eigenvalue weighted by Crippen LogP contribution is 2.19. The summed E-state index contributed by atoms with van der Waals surface area (Å²) in [6, 6.07) is 0. The van der Waals surface area contributed by atoms with E-state index in [1.54, 1.807) is 4.90 Å². The molecule has 1 aliphatic heterocycles. The molecule has 0 unspecified atom stereocenters. The van der Waals surface area contributed by atoms with E-state index in [2.05, 4.69) is 0 Å². The Balaban J connectivity index is 2.35. The standard InChI is InChI=1S/C8H13NO3/c1-6(10)9-3-2-7(5-9)4-8(11)12/h7H,2-5H2,1H3,(H,11,12)/t7-/m0/s1. The minimum absolute atomic E-state index is 0.0443. The molecule has 0 radical (unpaired) electrons. The first-order valence-electron chi connectivity index (χ1n) is 4.07. The fourth-order valence-corrected chi connectivity index (χ4v) is 1.53. The molecular weight excluding hydrogens is 158 g/mol. The fraction of sp³-hybridized carbons (Fsp3) is 0.750. The summed E-state index contributed by atoms with van der Waals surface area (Å²) >= 11 is 0. The van der Waals surface area contributed by atoms with Crippen molar-refractivity contribution in [3.05, 3.63) is 0 Å². The minimum Gasteiger partial charge on any atom is -0.481 e. The second-order valence-electron chi connectivity index (χ2n) is 3.22. The molecule has 1 aliphatic rings. The van der Waals surface area contributed by atoms with Crippen LogP contribution in [0.15, 0.2) is 0 Å². The van der Waals surface area contributed by atoms with Crippen molar-refractivity contribution in [2.45, 2.75) is 19.8 Å². The number of carboxylic acids is 1. The van der Waals surface area contributed by atoms with Gasteiger partial charge in [-0.2, -0.15) is 0 Å². The van der Waals surface area contributed by atoms with Gasteiger partial charge >= 0.3 is 5.97 Å². The van der Waals surface area contributed by atoms with Gasteiger partial charge in [0, 0.05) is 26.4 Å². The van der Waals surface area contributed by atoms with Crippen LogP contribution in [0.4, 0.5) is 0 Å². The molecule has 68 valence electrons. The maximum atomic E-state index is 10.9. The lowest BCUT2D eigenvalue weighted by atomic mass is 10.1. The molecule has 1 heterocycles. The second kappa shape index (κ2) is 3.56. The Morgan fingerprint density at radius 3 is 2.67 bits per heavy atom. The summed E-state index contributed by atoms with van der Waals surface area (Å²) in [5.74, 6) is -0.570. The zero-order valence-corrected chi connectivity index (χ0v) is 7.12. The maximum absolute atomic E-state index is 10.9. The van der Waals surface area contributed by atoms with Gasteiger partial charge in [-0.3, -0.25) is 9.59 Å². The first kappa shape index (κ1) is 9.03. The van der Waals surface area contributed by atoms with Gasteiger partial charge in [0.05, 0.1) is 0 Å². The zero-order chi connectivity index (χ0) is 9.14. The van der Waals surface area contributed by atoms with Gasteiger partial charge in [0.25, 0.3) is 0 Å². The third kappa shape index (κ3) is 2.22. The summed E-state index contributed by atoms with van der Waals surface area (Å²) < 4.78 is 0. The van der Waals surface area contributed by atoms with E-state index in [0.29, 0.717) is 13.1 Å². The van der Waals surface area contributed by atoms with E-state index in [1.165, 1.54) is 6.92 Å². The second-order valence-corrected chi connectivity index (χ2v) is 3.22. The van der Waals surface area contributed by atoms with E-state index < -0.39 is 5.97 Å². The van der Waals surface area contributed by atoms with Gasteiger partial charge in [-0.05, 0) is 12.3 Å². The molecule has 1 rings (SSSR count). The molecular formula is C8H13NO3. The topological polar surface area (TPSA) is 57.6 Å². The first-order chi connectivity index (χ1) is 5.59. The lowest BCUT2D eigenvalue weighted by Gasteiger charge is -2.12. The number of amides is 1. The van der Waals surface area contributed by atoms with Crippen molar-refractivity contribution in [3.8, 4) is 0 Å². The molecule has 0 aliphatic carbocycles. The molecule has 0 bridgehead atoms. The van der Waals surface area contributed by atoms with Crippen LogP contribution in [-0.2, 0) is 9.59 Å². The van der Waals surface area contributed by atoms with Crippen molar-refractivity contribution in [2.24, 2.45) is 5.92 Å². The van der Waals surface area contributed by atoms with Crippen molar-refractivity contribution < 1.29 is 14.7 Å². The highest BCUT2D eigenvalue weighted by molar-refractivity contribution is 5.73.